The van der Waals surface area contributed by atoms with Crippen molar-refractivity contribution in [2.45, 2.75) is 31.3 Å². The lowest BCUT2D eigenvalue weighted by Gasteiger charge is -2.31. The van der Waals surface area contributed by atoms with Gasteiger partial charge >= 0.3 is 6.09 Å². The summed E-state index contributed by atoms with van der Waals surface area (Å²) in [6, 6.07) is 13.8. The molecule has 0 bridgehead atoms. The van der Waals surface area contributed by atoms with Crippen LogP contribution >= 0.6 is 11.8 Å². The highest BCUT2D eigenvalue weighted by Gasteiger charge is 2.24. The van der Waals surface area contributed by atoms with Crippen molar-refractivity contribution < 1.29 is 9.53 Å². The molecule has 3 aromatic rings. The second-order valence-corrected chi connectivity index (χ2v) is 9.01. The molecule has 1 aromatic carbocycles. The fourth-order valence-corrected chi connectivity index (χ4v) is 4.83. The number of rotatable bonds is 6. The molecule has 1 aliphatic rings. The number of pyridine rings is 1. The minimum absolute atomic E-state index is 0.261. The lowest BCUT2D eigenvalue weighted by Crippen LogP contribution is -2.40. The van der Waals surface area contributed by atoms with Gasteiger partial charge in [-0.15, -0.1) is 0 Å². The van der Waals surface area contributed by atoms with Crippen LogP contribution in [0, 0.1) is 12.8 Å². The lowest BCUT2D eigenvalue weighted by atomic mass is 9.99. The Morgan fingerprint density at radius 2 is 1.94 bits per heavy atom. The number of likely N-dealkylation sites (tertiary alicyclic amines) is 1. The van der Waals surface area contributed by atoms with Gasteiger partial charge in [-0.1, -0.05) is 30.0 Å². The molecule has 1 saturated heterocycles. The topological polar surface area (TPSA) is 60.2 Å². The van der Waals surface area contributed by atoms with Crippen molar-refractivity contribution >= 4 is 17.9 Å². The molecule has 0 aliphatic carbocycles. The summed E-state index contributed by atoms with van der Waals surface area (Å²) in [6.07, 6.45) is 6.28. The average molecular weight is 437 g/mol. The van der Waals surface area contributed by atoms with Gasteiger partial charge in [-0.3, -0.25) is 4.98 Å². The molecule has 2 aromatic heterocycles. The average Bonchev–Trinajstić information content (AvgIpc) is 3.19. The van der Waals surface area contributed by atoms with Crippen molar-refractivity contribution in [2.75, 3.05) is 18.8 Å². The summed E-state index contributed by atoms with van der Waals surface area (Å²) in [4.78, 5) is 23.3. The van der Waals surface area contributed by atoms with E-state index in [-0.39, 0.29) is 6.09 Å². The summed E-state index contributed by atoms with van der Waals surface area (Å²) in [6.45, 7) is 3.47. The van der Waals surface area contributed by atoms with Crippen molar-refractivity contribution in [1.29, 1.82) is 0 Å². The summed E-state index contributed by atoms with van der Waals surface area (Å²) in [5.41, 5.74) is 3.19. The van der Waals surface area contributed by atoms with Crippen LogP contribution in [0.15, 0.2) is 60.0 Å². The van der Waals surface area contributed by atoms with E-state index in [0.717, 1.165) is 60.2 Å². The Kier molecular flexibility index (Phi) is 6.92. The predicted octanol–water partition coefficient (Wildman–Crippen LogP) is 4.72. The van der Waals surface area contributed by atoms with Crippen LogP contribution in [-0.4, -0.2) is 44.4 Å². The van der Waals surface area contributed by atoms with Crippen LogP contribution in [-0.2, 0) is 13.5 Å². The van der Waals surface area contributed by atoms with E-state index in [1.54, 1.807) is 11.8 Å². The summed E-state index contributed by atoms with van der Waals surface area (Å²) in [5, 5.41) is 1.04. The first-order valence-corrected chi connectivity index (χ1v) is 11.6. The lowest BCUT2D eigenvalue weighted by molar-refractivity contribution is 0.134. The van der Waals surface area contributed by atoms with E-state index >= 15 is 0 Å². The number of carbonyl (C=O) groups excluding carboxylic acids is 1. The number of aryl methyl sites for hydroxylation is 2. The third-order valence-corrected chi connectivity index (χ3v) is 6.85. The van der Waals surface area contributed by atoms with Crippen LogP contribution in [0.5, 0.6) is 5.75 Å². The molecule has 0 atom stereocenters. The number of piperidine rings is 1. The molecule has 4 rings (SSSR count). The van der Waals surface area contributed by atoms with Crippen LogP contribution in [0.4, 0.5) is 4.79 Å². The second-order valence-electron chi connectivity index (χ2n) is 8.02. The standard InChI is InChI=1S/C24H28N4O2S/c1-18-4-3-5-21(26-18)16-19-6-8-22(9-7-19)30-24(29)28-13-10-20(11-14-28)17-31-23-25-12-15-27(23)2/h3-9,12,15,20H,10-11,13-14,16-17H2,1-2H3. The van der Waals surface area contributed by atoms with E-state index < -0.39 is 0 Å². The smallest absolute Gasteiger partial charge is 0.410 e. The molecule has 7 heteroatoms. The first-order chi connectivity index (χ1) is 15.1. The number of imidazole rings is 1. The molecule has 0 radical (unpaired) electrons. The molecule has 1 amide bonds. The van der Waals surface area contributed by atoms with Crippen molar-refractivity contribution in [2.24, 2.45) is 13.0 Å². The number of nitrogens with zero attached hydrogens (tertiary/aromatic N) is 4. The Hall–Kier alpha value is -2.80. The van der Waals surface area contributed by atoms with Crippen LogP contribution in [0.3, 0.4) is 0 Å². The quantitative estimate of drug-likeness (QED) is 0.524. The van der Waals surface area contributed by atoms with Crippen LogP contribution in [0.2, 0.25) is 0 Å². The van der Waals surface area contributed by atoms with Gasteiger partial charge in [0.15, 0.2) is 5.16 Å². The number of hydrogen-bond acceptors (Lipinski definition) is 5. The van der Waals surface area contributed by atoms with Crippen molar-refractivity contribution in [3.05, 3.63) is 71.8 Å². The number of thioether (sulfide) groups is 1. The van der Waals surface area contributed by atoms with E-state index in [1.807, 2.05) is 78.3 Å². The van der Waals surface area contributed by atoms with Gasteiger partial charge in [0.05, 0.1) is 0 Å². The third kappa shape index (κ3) is 5.88. The molecule has 0 N–H and O–H groups in total. The fourth-order valence-electron chi connectivity index (χ4n) is 3.71. The highest BCUT2D eigenvalue weighted by Crippen LogP contribution is 2.26. The maximum atomic E-state index is 12.6. The molecule has 0 saturated carbocycles. The number of amides is 1. The third-order valence-electron chi connectivity index (χ3n) is 5.56. The van der Waals surface area contributed by atoms with Gasteiger partial charge in [0.2, 0.25) is 0 Å². The molecular formula is C24H28N4O2S. The SMILES string of the molecule is Cc1cccc(Cc2ccc(OC(=O)N3CCC(CSc4nccn4C)CC3)cc2)n1. The highest BCUT2D eigenvalue weighted by atomic mass is 32.2. The number of carbonyl (C=O) groups is 1. The monoisotopic (exact) mass is 436 g/mol. The van der Waals surface area contributed by atoms with E-state index in [0.29, 0.717) is 11.7 Å². The summed E-state index contributed by atoms with van der Waals surface area (Å²) in [7, 11) is 2.01. The zero-order valence-corrected chi connectivity index (χ0v) is 18.8. The van der Waals surface area contributed by atoms with Crippen molar-refractivity contribution in [3.8, 4) is 5.75 Å². The Morgan fingerprint density at radius 1 is 1.16 bits per heavy atom. The number of benzene rings is 1. The summed E-state index contributed by atoms with van der Waals surface area (Å²) in [5.74, 6) is 2.21. The highest BCUT2D eigenvalue weighted by molar-refractivity contribution is 7.99. The second kappa shape index (κ2) is 10.0. The maximum absolute atomic E-state index is 12.6. The molecule has 3 heterocycles. The molecule has 31 heavy (non-hydrogen) atoms. The Balaban J connectivity index is 1.23. The molecular weight excluding hydrogens is 408 g/mol. The van der Waals surface area contributed by atoms with Crippen molar-refractivity contribution in [1.82, 2.24) is 19.4 Å². The van der Waals surface area contributed by atoms with Gasteiger partial charge in [-0.05, 0) is 55.5 Å². The first kappa shape index (κ1) is 21.4. The predicted molar refractivity (Wildman–Crippen MR) is 122 cm³/mol. The molecule has 6 nitrogen and oxygen atoms in total. The summed E-state index contributed by atoms with van der Waals surface area (Å²) < 4.78 is 7.64. The Bertz CT molecular complexity index is 1010. The van der Waals surface area contributed by atoms with Gasteiger partial charge in [-0.25, -0.2) is 9.78 Å². The molecule has 0 unspecified atom stereocenters. The minimum Gasteiger partial charge on any atom is -0.410 e. The van der Waals surface area contributed by atoms with E-state index in [4.69, 9.17) is 4.74 Å². The normalized spacial score (nSPS) is 14.6. The Morgan fingerprint density at radius 3 is 2.61 bits per heavy atom. The van der Waals surface area contributed by atoms with E-state index in [9.17, 15) is 4.79 Å². The summed E-state index contributed by atoms with van der Waals surface area (Å²) >= 11 is 1.79. The number of hydrogen-bond donors (Lipinski definition) is 0. The molecule has 1 fully saturated rings. The molecule has 0 spiro atoms. The van der Waals surface area contributed by atoms with Crippen LogP contribution < -0.4 is 4.74 Å². The van der Waals surface area contributed by atoms with Gasteiger partial charge in [0, 0.05) is 56.1 Å². The molecule has 162 valence electrons. The van der Waals surface area contributed by atoms with Gasteiger partial charge in [-0.2, -0.15) is 0 Å². The largest absolute Gasteiger partial charge is 0.415 e. The maximum Gasteiger partial charge on any atom is 0.415 e. The zero-order chi connectivity index (χ0) is 21.6. The Labute approximate surface area is 187 Å². The van der Waals surface area contributed by atoms with Gasteiger partial charge in [0.1, 0.15) is 5.75 Å². The number of aromatic nitrogens is 3. The minimum atomic E-state index is -0.261. The fraction of sp³-hybridized carbons (Fsp3) is 0.375. The van der Waals surface area contributed by atoms with Crippen LogP contribution in [0.1, 0.15) is 29.8 Å². The van der Waals surface area contributed by atoms with E-state index in [1.165, 1.54) is 0 Å². The first-order valence-electron chi connectivity index (χ1n) is 10.6. The van der Waals surface area contributed by atoms with Gasteiger partial charge in [0.25, 0.3) is 0 Å². The van der Waals surface area contributed by atoms with Crippen molar-refractivity contribution in [3.63, 3.8) is 0 Å². The number of ether oxygens (including phenoxy) is 1. The van der Waals surface area contributed by atoms with E-state index in [2.05, 4.69) is 9.97 Å². The molecule has 1 aliphatic heterocycles. The van der Waals surface area contributed by atoms with Gasteiger partial charge < -0.3 is 14.2 Å². The zero-order valence-electron chi connectivity index (χ0n) is 18.0. The van der Waals surface area contributed by atoms with Crippen LogP contribution in [0.25, 0.3) is 0 Å².